The van der Waals surface area contributed by atoms with Gasteiger partial charge in [0.1, 0.15) is 0 Å². The van der Waals surface area contributed by atoms with Crippen molar-refractivity contribution in [2.45, 2.75) is 19.1 Å². The molecule has 0 bridgehead atoms. The third-order valence-electron chi connectivity index (χ3n) is 1.71. The molecule has 0 saturated heterocycles. The molecular weight excluding hydrogens is 222 g/mol. The lowest BCUT2D eigenvalue weighted by molar-refractivity contribution is 0.593. The summed E-state index contributed by atoms with van der Waals surface area (Å²) >= 11 is 5.72. The zero-order valence-corrected chi connectivity index (χ0v) is 9.56. The molecule has 14 heavy (non-hydrogen) atoms. The predicted octanol–water partition coefficient (Wildman–Crippen LogP) is 2.49. The van der Waals surface area contributed by atoms with Crippen LogP contribution in [0.25, 0.3) is 0 Å². The second kappa shape index (κ2) is 4.19. The summed E-state index contributed by atoms with van der Waals surface area (Å²) in [5.41, 5.74) is 0.492. The molecule has 0 aliphatic carbocycles. The van der Waals surface area contributed by atoms with Crippen LogP contribution in [0.2, 0.25) is 5.02 Å². The van der Waals surface area contributed by atoms with Crippen LogP contribution in [0.3, 0.4) is 0 Å². The fraction of sp³-hybridized carbons (Fsp3) is 0.333. The van der Waals surface area contributed by atoms with Crippen LogP contribution in [-0.2, 0) is 10.0 Å². The van der Waals surface area contributed by atoms with Crippen molar-refractivity contribution in [3.05, 3.63) is 29.3 Å². The molecule has 0 atom stereocenters. The molecule has 0 aliphatic rings. The van der Waals surface area contributed by atoms with Gasteiger partial charge in [0.15, 0.2) is 0 Å². The molecule has 1 aromatic carbocycles. The Kier molecular flexibility index (Phi) is 3.39. The number of halogens is 1. The summed E-state index contributed by atoms with van der Waals surface area (Å²) in [6.07, 6.45) is 0. The molecule has 1 N–H and O–H groups in total. The normalized spacial score (nSPS) is 11.7. The Morgan fingerprint density at radius 3 is 2.50 bits per heavy atom. The highest BCUT2D eigenvalue weighted by Gasteiger charge is 2.15. The molecule has 0 aromatic heterocycles. The average Bonchev–Trinajstić information content (AvgIpc) is 2.02. The molecule has 0 aliphatic heterocycles. The van der Waals surface area contributed by atoms with E-state index in [2.05, 4.69) is 4.72 Å². The van der Waals surface area contributed by atoms with Gasteiger partial charge in [0.2, 0.25) is 10.0 Å². The molecule has 0 unspecified atom stereocenters. The van der Waals surface area contributed by atoms with Gasteiger partial charge in [-0.1, -0.05) is 17.7 Å². The van der Waals surface area contributed by atoms with E-state index in [-0.39, 0.29) is 0 Å². The summed E-state index contributed by atoms with van der Waals surface area (Å²) in [5.74, 6) is 0. The SMILES string of the molecule is CC(C)S(=O)(=O)Nc1cccc(Cl)c1. The molecule has 0 radical (unpaired) electrons. The number of sulfonamides is 1. The van der Waals surface area contributed by atoms with Gasteiger partial charge in [-0.15, -0.1) is 0 Å². The largest absolute Gasteiger partial charge is 0.283 e. The smallest absolute Gasteiger partial charge is 0.235 e. The van der Waals surface area contributed by atoms with Crippen molar-refractivity contribution in [1.82, 2.24) is 0 Å². The monoisotopic (exact) mass is 233 g/mol. The molecule has 1 rings (SSSR count). The van der Waals surface area contributed by atoms with Crippen LogP contribution >= 0.6 is 11.6 Å². The lowest BCUT2D eigenvalue weighted by Gasteiger charge is -2.10. The van der Waals surface area contributed by atoms with E-state index < -0.39 is 15.3 Å². The molecule has 0 heterocycles. The van der Waals surface area contributed by atoms with E-state index in [0.717, 1.165) is 0 Å². The lowest BCUT2D eigenvalue weighted by Crippen LogP contribution is -2.22. The highest BCUT2D eigenvalue weighted by Crippen LogP contribution is 2.17. The van der Waals surface area contributed by atoms with Crippen LogP contribution in [-0.4, -0.2) is 13.7 Å². The number of hydrogen-bond acceptors (Lipinski definition) is 2. The van der Waals surface area contributed by atoms with E-state index in [1.807, 2.05) is 0 Å². The average molecular weight is 234 g/mol. The second-order valence-corrected chi connectivity index (χ2v) is 5.88. The summed E-state index contributed by atoms with van der Waals surface area (Å²) in [4.78, 5) is 0. The van der Waals surface area contributed by atoms with Crippen LogP contribution in [0.4, 0.5) is 5.69 Å². The maximum atomic E-state index is 11.5. The van der Waals surface area contributed by atoms with Gasteiger partial charge in [0, 0.05) is 10.7 Å². The Bertz CT molecular complexity index is 415. The second-order valence-electron chi connectivity index (χ2n) is 3.21. The van der Waals surface area contributed by atoms with Crippen molar-refractivity contribution >= 4 is 27.3 Å². The third kappa shape index (κ3) is 2.89. The molecular formula is C9H12ClNO2S. The van der Waals surface area contributed by atoms with Crippen molar-refractivity contribution in [2.75, 3.05) is 4.72 Å². The molecule has 0 amide bonds. The van der Waals surface area contributed by atoms with Crippen LogP contribution < -0.4 is 4.72 Å². The molecule has 0 saturated carbocycles. The van der Waals surface area contributed by atoms with Crippen LogP contribution in [0.15, 0.2) is 24.3 Å². The number of rotatable bonds is 3. The molecule has 0 spiro atoms. The van der Waals surface area contributed by atoms with Gasteiger partial charge in [0.25, 0.3) is 0 Å². The lowest BCUT2D eigenvalue weighted by atomic mass is 10.3. The van der Waals surface area contributed by atoms with Crippen molar-refractivity contribution in [1.29, 1.82) is 0 Å². The number of anilines is 1. The molecule has 1 aromatic rings. The Labute approximate surface area is 89.1 Å². The van der Waals surface area contributed by atoms with Crippen molar-refractivity contribution in [2.24, 2.45) is 0 Å². The minimum absolute atomic E-state index is 0.457. The van der Waals surface area contributed by atoms with Gasteiger partial charge in [-0.05, 0) is 32.0 Å². The molecule has 0 fully saturated rings. The topological polar surface area (TPSA) is 46.2 Å². The fourth-order valence-electron chi connectivity index (χ4n) is 0.834. The predicted molar refractivity (Wildman–Crippen MR) is 59.1 cm³/mol. The summed E-state index contributed by atoms with van der Waals surface area (Å²) in [5, 5.41) is 0.0513. The summed E-state index contributed by atoms with van der Waals surface area (Å²) in [7, 11) is -3.28. The standard InChI is InChI=1S/C9H12ClNO2S/c1-7(2)14(12,13)11-9-5-3-4-8(10)6-9/h3-7,11H,1-2H3. The Morgan fingerprint density at radius 1 is 1.36 bits per heavy atom. The van der Waals surface area contributed by atoms with E-state index in [9.17, 15) is 8.42 Å². The van der Waals surface area contributed by atoms with Crippen LogP contribution in [0, 0.1) is 0 Å². The van der Waals surface area contributed by atoms with E-state index in [4.69, 9.17) is 11.6 Å². The minimum Gasteiger partial charge on any atom is -0.283 e. The maximum Gasteiger partial charge on any atom is 0.235 e. The zero-order chi connectivity index (χ0) is 10.8. The van der Waals surface area contributed by atoms with Gasteiger partial charge < -0.3 is 0 Å². The fourth-order valence-corrected chi connectivity index (χ4v) is 1.72. The number of benzene rings is 1. The molecule has 3 nitrogen and oxygen atoms in total. The van der Waals surface area contributed by atoms with Crippen molar-refractivity contribution < 1.29 is 8.42 Å². The molecule has 78 valence electrons. The van der Waals surface area contributed by atoms with E-state index in [0.29, 0.717) is 10.7 Å². The van der Waals surface area contributed by atoms with Gasteiger partial charge in [-0.2, -0.15) is 0 Å². The third-order valence-corrected chi connectivity index (χ3v) is 3.70. The van der Waals surface area contributed by atoms with Crippen LogP contribution in [0.1, 0.15) is 13.8 Å². The first kappa shape index (κ1) is 11.3. The highest BCUT2D eigenvalue weighted by molar-refractivity contribution is 7.93. The Balaban J connectivity index is 2.90. The number of nitrogens with one attached hydrogen (secondary N) is 1. The first-order valence-electron chi connectivity index (χ1n) is 4.19. The zero-order valence-electron chi connectivity index (χ0n) is 7.99. The van der Waals surface area contributed by atoms with Gasteiger partial charge in [-0.3, -0.25) is 4.72 Å². The maximum absolute atomic E-state index is 11.5. The first-order chi connectivity index (χ1) is 6.42. The van der Waals surface area contributed by atoms with E-state index in [1.165, 1.54) is 0 Å². The Hall–Kier alpha value is -0.740. The van der Waals surface area contributed by atoms with Crippen molar-refractivity contribution in [3.8, 4) is 0 Å². The first-order valence-corrected chi connectivity index (χ1v) is 6.11. The highest BCUT2D eigenvalue weighted by atomic mass is 35.5. The minimum atomic E-state index is -3.28. The summed E-state index contributed by atoms with van der Waals surface area (Å²) in [6, 6.07) is 6.61. The van der Waals surface area contributed by atoms with E-state index >= 15 is 0 Å². The van der Waals surface area contributed by atoms with Gasteiger partial charge in [0.05, 0.1) is 5.25 Å². The molecule has 5 heteroatoms. The number of hydrogen-bond donors (Lipinski definition) is 1. The summed E-state index contributed by atoms with van der Waals surface area (Å²) in [6.45, 7) is 3.24. The summed E-state index contributed by atoms with van der Waals surface area (Å²) < 4.78 is 25.4. The van der Waals surface area contributed by atoms with Gasteiger partial charge in [-0.25, -0.2) is 8.42 Å². The van der Waals surface area contributed by atoms with E-state index in [1.54, 1.807) is 38.1 Å². The quantitative estimate of drug-likeness (QED) is 0.872. The Morgan fingerprint density at radius 2 is 2.00 bits per heavy atom. The van der Waals surface area contributed by atoms with Crippen molar-refractivity contribution in [3.63, 3.8) is 0 Å². The van der Waals surface area contributed by atoms with Gasteiger partial charge >= 0.3 is 0 Å². The van der Waals surface area contributed by atoms with Crippen LogP contribution in [0.5, 0.6) is 0 Å².